The van der Waals surface area contributed by atoms with E-state index in [4.69, 9.17) is 5.73 Å². The molecule has 1 saturated carbocycles. The molecular formula is C13H17FN2. The molecule has 0 saturated heterocycles. The lowest BCUT2D eigenvalue weighted by Crippen LogP contribution is -2.02. The summed E-state index contributed by atoms with van der Waals surface area (Å²) in [5.41, 5.74) is 9.79. The zero-order valence-corrected chi connectivity index (χ0v) is 9.76. The molecule has 1 aliphatic carbocycles. The van der Waals surface area contributed by atoms with Crippen LogP contribution in [0.25, 0.3) is 0 Å². The smallest absolute Gasteiger partial charge is 0.200 e. The first-order chi connectivity index (χ1) is 7.54. The van der Waals surface area contributed by atoms with E-state index >= 15 is 0 Å². The Hall–Kier alpha value is -1.38. The van der Waals surface area contributed by atoms with Gasteiger partial charge in [-0.1, -0.05) is 18.6 Å². The van der Waals surface area contributed by atoms with Crippen molar-refractivity contribution >= 4 is 11.9 Å². The number of rotatable bonds is 3. The van der Waals surface area contributed by atoms with Gasteiger partial charge in [0.05, 0.1) is 0 Å². The van der Waals surface area contributed by atoms with Crippen molar-refractivity contribution in [1.82, 2.24) is 0 Å². The highest BCUT2D eigenvalue weighted by molar-refractivity contribution is 5.88. The van der Waals surface area contributed by atoms with Gasteiger partial charge in [-0.3, -0.25) is 4.99 Å². The quantitative estimate of drug-likeness (QED) is 0.474. The van der Waals surface area contributed by atoms with E-state index in [9.17, 15) is 4.39 Å². The van der Waals surface area contributed by atoms with Crippen molar-refractivity contribution in [2.75, 3.05) is 5.73 Å². The molecular weight excluding hydrogens is 203 g/mol. The van der Waals surface area contributed by atoms with Crippen LogP contribution in [-0.2, 0) is 6.42 Å². The zero-order valence-electron chi connectivity index (χ0n) is 9.76. The van der Waals surface area contributed by atoms with E-state index in [1.54, 1.807) is 6.21 Å². The number of hydrogen-bond donors (Lipinski definition) is 1. The second-order valence-electron chi connectivity index (χ2n) is 4.46. The van der Waals surface area contributed by atoms with E-state index in [2.05, 4.69) is 18.0 Å². The molecule has 2 nitrogen and oxygen atoms in total. The summed E-state index contributed by atoms with van der Waals surface area (Å²) in [7, 11) is 0. The molecule has 16 heavy (non-hydrogen) atoms. The second-order valence-corrected chi connectivity index (χ2v) is 4.46. The molecule has 0 spiro atoms. The number of nitrogens with zero attached hydrogens (tertiary/aromatic N) is 1. The van der Waals surface area contributed by atoms with E-state index in [0.29, 0.717) is 12.8 Å². The molecule has 0 amide bonds. The molecule has 0 heterocycles. The van der Waals surface area contributed by atoms with Gasteiger partial charge in [0.25, 0.3) is 0 Å². The van der Waals surface area contributed by atoms with Crippen molar-refractivity contribution in [3.63, 3.8) is 0 Å². The maximum absolute atomic E-state index is 13.4. The molecule has 0 bridgehead atoms. The van der Waals surface area contributed by atoms with Gasteiger partial charge in [0.15, 0.2) is 5.79 Å². The van der Waals surface area contributed by atoms with E-state index in [1.807, 2.05) is 13.0 Å². The number of aryl methyl sites for hydroxylation is 2. The second kappa shape index (κ2) is 3.89. The summed E-state index contributed by atoms with van der Waals surface area (Å²) < 4.78 is 13.4. The Bertz CT molecular complexity index is 434. The van der Waals surface area contributed by atoms with E-state index in [1.165, 1.54) is 0 Å². The maximum Gasteiger partial charge on any atom is 0.200 e. The highest BCUT2D eigenvalue weighted by atomic mass is 19.1. The maximum atomic E-state index is 13.4. The molecule has 1 aromatic rings. The fraction of sp³-hybridized carbons (Fsp3) is 0.462. The summed E-state index contributed by atoms with van der Waals surface area (Å²) in [4.78, 5) is 3.94. The van der Waals surface area contributed by atoms with Crippen molar-refractivity contribution in [1.29, 1.82) is 0 Å². The van der Waals surface area contributed by atoms with Crippen LogP contribution in [0.3, 0.4) is 0 Å². The van der Waals surface area contributed by atoms with E-state index in [0.717, 1.165) is 28.8 Å². The Balaban J connectivity index is 2.32. The highest BCUT2D eigenvalue weighted by Gasteiger charge is 2.42. The van der Waals surface area contributed by atoms with Gasteiger partial charge in [0.2, 0.25) is 0 Å². The van der Waals surface area contributed by atoms with Gasteiger partial charge in [-0.2, -0.15) is 0 Å². The van der Waals surface area contributed by atoms with Gasteiger partial charge in [-0.15, -0.1) is 0 Å². The van der Waals surface area contributed by atoms with Crippen molar-refractivity contribution in [2.24, 2.45) is 4.99 Å². The first kappa shape index (κ1) is 11.1. The Morgan fingerprint density at radius 2 is 2.19 bits per heavy atom. The Morgan fingerprint density at radius 3 is 2.75 bits per heavy atom. The molecule has 1 fully saturated rings. The zero-order chi connectivity index (χ0) is 11.8. The minimum absolute atomic E-state index is 0.538. The van der Waals surface area contributed by atoms with Gasteiger partial charge in [0.1, 0.15) is 0 Å². The average Bonchev–Trinajstić information content (AvgIpc) is 2.98. The lowest BCUT2D eigenvalue weighted by molar-refractivity contribution is 0.325. The third-order valence-corrected chi connectivity index (χ3v) is 2.92. The SMILES string of the molecule is CCc1cc(C)cc(/C=N/C2(F)CC2)c1N. The summed E-state index contributed by atoms with van der Waals surface area (Å²) in [6.07, 6.45) is 3.54. The molecule has 86 valence electrons. The van der Waals surface area contributed by atoms with Gasteiger partial charge in [0, 0.05) is 30.3 Å². The third-order valence-electron chi connectivity index (χ3n) is 2.92. The monoisotopic (exact) mass is 220 g/mol. The molecule has 0 aliphatic heterocycles. The van der Waals surface area contributed by atoms with Crippen LogP contribution in [0.5, 0.6) is 0 Å². The van der Waals surface area contributed by atoms with Crippen molar-refractivity contribution in [3.05, 3.63) is 28.8 Å². The van der Waals surface area contributed by atoms with Crippen LogP contribution in [0.4, 0.5) is 10.1 Å². The summed E-state index contributed by atoms with van der Waals surface area (Å²) in [5.74, 6) is -1.30. The number of benzene rings is 1. The van der Waals surface area contributed by atoms with Crippen LogP contribution in [0, 0.1) is 6.92 Å². The first-order valence-corrected chi connectivity index (χ1v) is 5.67. The minimum Gasteiger partial charge on any atom is -0.398 e. The fourth-order valence-corrected chi connectivity index (χ4v) is 1.72. The number of anilines is 1. The summed E-state index contributed by atoms with van der Waals surface area (Å²) in [6.45, 7) is 4.07. The largest absolute Gasteiger partial charge is 0.398 e. The molecule has 1 aliphatic rings. The molecule has 0 aromatic heterocycles. The number of nitrogens with two attached hydrogens (primary N) is 1. The van der Waals surface area contributed by atoms with Gasteiger partial charge in [-0.25, -0.2) is 4.39 Å². The van der Waals surface area contributed by atoms with Crippen LogP contribution in [-0.4, -0.2) is 12.0 Å². The van der Waals surface area contributed by atoms with Crippen LogP contribution in [0.1, 0.15) is 36.5 Å². The third kappa shape index (κ3) is 2.23. The summed E-state index contributed by atoms with van der Waals surface area (Å²) >= 11 is 0. The normalized spacial score (nSPS) is 17.9. The number of alkyl halides is 1. The van der Waals surface area contributed by atoms with Crippen LogP contribution < -0.4 is 5.73 Å². The summed E-state index contributed by atoms with van der Waals surface area (Å²) in [5, 5.41) is 0. The predicted molar refractivity (Wildman–Crippen MR) is 65.6 cm³/mol. The lowest BCUT2D eigenvalue weighted by Gasteiger charge is -2.08. The summed E-state index contributed by atoms with van der Waals surface area (Å²) in [6, 6.07) is 4.01. The van der Waals surface area contributed by atoms with E-state index < -0.39 is 5.79 Å². The number of hydrogen-bond acceptors (Lipinski definition) is 2. The number of aliphatic imine (C=N–C) groups is 1. The van der Waals surface area contributed by atoms with Gasteiger partial charge in [-0.05, 0) is 25.0 Å². The van der Waals surface area contributed by atoms with Gasteiger partial charge >= 0.3 is 0 Å². The molecule has 1 aromatic carbocycles. The Morgan fingerprint density at radius 1 is 1.50 bits per heavy atom. The molecule has 2 N–H and O–H groups in total. The Labute approximate surface area is 95.4 Å². The van der Waals surface area contributed by atoms with Crippen LogP contribution >= 0.6 is 0 Å². The molecule has 3 heteroatoms. The predicted octanol–water partition coefficient (Wildman–Crippen LogP) is 3.02. The lowest BCUT2D eigenvalue weighted by atomic mass is 10.0. The van der Waals surface area contributed by atoms with Crippen molar-refractivity contribution in [2.45, 2.75) is 38.9 Å². The minimum atomic E-state index is -1.30. The fourth-order valence-electron chi connectivity index (χ4n) is 1.72. The Kier molecular flexibility index (Phi) is 2.70. The molecule has 2 rings (SSSR count). The van der Waals surface area contributed by atoms with E-state index in [-0.39, 0.29) is 0 Å². The van der Waals surface area contributed by atoms with Gasteiger partial charge < -0.3 is 5.73 Å². The topological polar surface area (TPSA) is 38.4 Å². The number of halogens is 1. The first-order valence-electron chi connectivity index (χ1n) is 5.67. The molecule has 0 atom stereocenters. The van der Waals surface area contributed by atoms with Crippen molar-refractivity contribution in [3.8, 4) is 0 Å². The highest BCUT2D eigenvalue weighted by Crippen LogP contribution is 2.41. The molecule has 0 unspecified atom stereocenters. The number of nitrogen functional groups attached to an aromatic ring is 1. The van der Waals surface area contributed by atoms with Crippen LogP contribution in [0.2, 0.25) is 0 Å². The van der Waals surface area contributed by atoms with Crippen LogP contribution in [0.15, 0.2) is 17.1 Å². The average molecular weight is 220 g/mol. The van der Waals surface area contributed by atoms with Crippen molar-refractivity contribution < 1.29 is 4.39 Å². The molecule has 0 radical (unpaired) electrons. The standard InChI is InChI=1S/C13H17FN2/c1-3-10-6-9(2)7-11(12(10)15)8-16-13(14)4-5-13/h6-8H,3-5,15H2,1-2H3/b16-8+.